The minimum absolute atomic E-state index is 0.291. The fourth-order valence-corrected chi connectivity index (χ4v) is 2.65. The summed E-state index contributed by atoms with van der Waals surface area (Å²) in [6.07, 6.45) is 19.0. The lowest BCUT2D eigenvalue weighted by atomic mass is 10.0. The van der Waals surface area contributed by atoms with Crippen LogP contribution in [0.25, 0.3) is 0 Å². The minimum atomic E-state index is -0.657. The highest BCUT2D eigenvalue weighted by molar-refractivity contribution is 4.94. The van der Waals surface area contributed by atoms with Crippen molar-refractivity contribution in [2.24, 2.45) is 0 Å². The molecular formula is C19H38NO2-. The minimum Gasteiger partial charge on any atom is -0.853 e. The van der Waals surface area contributed by atoms with Gasteiger partial charge in [-0.1, -0.05) is 83.3 Å². The van der Waals surface area contributed by atoms with Crippen LogP contribution >= 0.6 is 0 Å². The number of allylic oxidation sites excluding steroid dienone is 1. The van der Waals surface area contributed by atoms with E-state index in [9.17, 15) is 10.2 Å². The Bertz CT molecular complexity index is 240. The van der Waals surface area contributed by atoms with Crippen molar-refractivity contribution in [3.63, 3.8) is 0 Å². The second-order valence-corrected chi connectivity index (χ2v) is 6.30. The van der Waals surface area contributed by atoms with Crippen molar-refractivity contribution in [2.75, 3.05) is 13.7 Å². The van der Waals surface area contributed by atoms with Gasteiger partial charge in [0.1, 0.15) is 0 Å². The predicted molar refractivity (Wildman–Crippen MR) is 93.9 cm³/mol. The largest absolute Gasteiger partial charge is 0.853 e. The summed E-state index contributed by atoms with van der Waals surface area (Å²) in [5.74, 6) is 0. The molecule has 0 amide bonds. The van der Waals surface area contributed by atoms with Crippen LogP contribution in [0.4, 0.5) is 0 Å². The third-order valence-electron chi connectivity index (χ3n) is 4.27. The van der Waals surface area contributed by atoms with Crippen molar-refractivity contribution in [2.45, 2.75) is 96.1 Å². The van der Waals surface area contributed by atoms with Crippen LogP contribution in [0.2, 0.25) is 0 Å². The summed E-state index contributed by atoms with van der Waals surface area (Å²) in [6, 6.07) is -0.367. The number of unbranched alkanes of at least 4 members (excludes halogenated alkanes) is 11. The normalized spacial score (nSPS) is 14.5. The van der Waals surface area contributed by atoms with Gasteiger partial charge in [0.25, 0.3) is 0 Å². The number of hydrogen-bond acceptors (Lipinski definition) is 3. The molecule has 0 radical (unpaired) electrons. The van der Waals surface area contributed by atoms with Gasteiger partial charge in [0, 0.05) is 6.04 Å². The van der Waals surface area contributed by atoms with Crippen molar-refractivity contribution >= 4 is 0 Å². The third kappa shape index (κ3) is 13.3. The van der Waals surface area contributed by atoms with Crippen molar-refractivity contribution in [3.8, 4) is 0 Å². The van der Waals surface area contributed by atoms with E-state index in [-0.39, 0.29) is 12.6 Å². The van der Waals surface area contributed by atoms with Crippen LogP contribution in [-0.2, 0) is 0 Å². The molecule has 0 aromatic rings. The third-order valence-corrected chi connectivity index (χ3v) is 4.27. The summed E-state index contributed by atoms with van der Waals surface area (Å²) in [5.41, 5.74) is 0. The molecule has 0 aliphatic heterocycles. The van der Waals surface area contributed by atoms with E-state index in [4.69, 9.17) is 0 Å². The first-order chi connectivity index (χ1) is 10.8. The Labute approximate surface area is 138 Å². The predicted octanol–water partition coefficient (Wildman–Crippen LogP) is 3.55. The maximum Gasteiger partial charge on any atom is 0.0860 e. The number of rotatable bonds is 16. The van der Waals surface area contributed by atoms with E-state index in [0.29, 0.717) is 0 Å². The maximum atomic E-state index is 10.8. The van der Waals surface area contributed by atoms with Gasteiger partial charge in [-0.25, -0.2) is 0 Å². The SMILES string of the molecule is CCCCCCCCCCCCC/C=C/C(O)C(C[O-])NC. The molecule has 0 rings (SSSR count). The molecule has 0 saturated carbocycles. The zero-order valence-corrected chi connectivity index (χ0v) is 14.9. The first-order valence-electron chi connectivity index (χ1n) is 9.36. The summed E-state index contributed by atoms with van der Waals surface area (Å²) in [5, 5.41) is 23.4. The fourth-order valence-electron chi connectivity index (χ4n) is 2.65. The summed E-state index contributed by atoms with van der Waals surface area (Å²) >= 11 is 0. The molecule has 3 heteroatoms. The lowest BCUT2D eigenvalue weighted by Gasteiger charge is -2.22. The van der Waals surface area contributed by atoms with Crippen molar-refractivity contribution in [1.82, 2.24) is 5.32 Å². The summed E-state index contributed by atoms with van der Waals surface area (Å²) in [7, 11) is 1.71. The Morgan fingerprint density at radius 3 is 1.86 bits per heavy atom. The molecule has 2 N–H and O–H groups in total. The molecule has 0 aromatic heterocycles. The van der Waals surface area contributed by atoms with Crippen LogP contribution in [0.5, 0.6) is 0 Å². The Morgan fingerprint density at radius 2 is 1.41 bits per heavy atom. The highest BCUT2D eigenvalue weighted by atomic mass is 16.3. The average molecular weight is 313 g/mol. The maximum absolute atomic E-state index is 10.8. The second-order valence-electron chi connectivity index (χ2n) is 6.30. The van der Waals surface area contributed by atoms with Crippen LogP contribution in [0, 0.1) is 0 Å². The quantitative estimate of drug-likeness (QED) is 0.338. The molecule has 0 saturated heterocycles. The summed E-state index contributed by atoms with van der Waals surface area (Å²) in [6.45, 7) is 1.97. The Hall–Kier alpha value is -0.380. The Kier molecular flexibility index (Phi) is 16.7. The van der Waals surface area contributed by atoms with E-state index in [1.54, 1.807) is 13.1 Å². The van der Waals surface area contributed by atoms with Crippen LogP contribution in [0.15, 0.2) is 12.2 Å². The van der Waals surface area contributed by atoms with Crippen molar-refractivity contribution in [3.05, 3.63) is 12.2 Å². The van der Waals surface area contributed by atoms with E-state index in [1.165, 1.54) is 70.6 Å². The molecule has 0 spiro atoms. The molecule has 0 aromatic carbocycles. The average Bonchev–Trinajstić information content (AvgIpc) is 2.53. The van der Waals surface area contributed by atoms with E-state index >= 15 is 0 Å². The van der Waals surface area contributed by atoms with Crippen molar-refractivity contribution < 1.29 is 10.2 Å². The van der Waals surface area contributed by atoms with Gasteiger partial charge in [0.05, 0.1) is 6.10 Å². The summed E-state index contributed by atoms with van der Waals surface area (Å²) < 4.78 is 0. The molecule has 0 bridgehead atoms. The first kappa shape index (κ1) is 21.6. The molecule has 3 nitrogen and oxygen atoms in total. The topological polar surface area (TPSA) is 55.3 Å². The number of nitrogens with one attached hydrogen (secondary N) is 1. The van der Waals surface area contributed by atoms with Gasteiger partial charge in [-0.15, -0.1) is 6.61 Å². The van der Waals surface area contributed by atoms with Gasteiger partial charge in [0.2, 0.25) is 0 Å². The summed E-state index contributed by atoms with van der Waals surface area (Å²) in [4.78, 5) is 0. The van der Waals surface area contributed by atoms with Gasteiger partial charge in [-0.3, -0.25) is 0 Å². The van der Waals surface area contributed by atoms with Gasteiger partial charge in [0.15, 0.2) is 0 Å². The smallest absolute Gasteiger partial charge is 0.0860 e. The molecule has 2 atom stereocenters. The first-order valence-corrected chi connectivity index (χ1v) is 9.36. The van der Waals surface area contributed by atoms with Crippen LogP contribution < -0.4 is 10.4 Å². The lowest BCUT2D eigenvalue weighted by molar-refractivity contribution is -0.375. The van der Waals surface area contributed by atoms with Crippen LogP contribution in [0.3, 0.4) is 0 Å². The van der Waals surface area contributed by atoms with E-state index in [1.807, 2.05) is 6.08 Å². The zero-order chi connectivity index (χ0) is 16.5. The lowest BCUT2D eigenvalue weighted by Crippen LogP contribution is -2.43. The number of aliphatic hydroxyl groups excluding tert-OH is 1. The van der Waals surface area contributed by atoms with E-state index < -0.39 is 6.10 Å². The molecule has 0 fully saturated rings. The van der Waals surface area contributed by atoms with Crippen molar-refractivity contribution in [1.29, 1.82) is 0 Å². The highest BCUT2D eigenvalue weighted by Gasteiger charge is 2.08. The van der Waals surface area contributed by atoms with Crippen LogP contribution in [0.1, 0.15) is 84.0 Å². The van der Waals surface area contributed by atoms with Gasteiger partial charge in [-0.2, -0.15) is 0 Å². The van der Waals surface area contributed by atoms with Crippen LogP contribution in [-0.4, -0.2) is 30.9 Å². The Morgan fingerprint density at radius 1 is 0.909 bits per heavy atom. The molecule has 2 unspecified atom stereocenters. The highest BCUT2D eigenvalue weighted by Crippen LogP contribution is 2.12. The Balaban J connectivity index is 3.29. The molecular weight excluding hydrogens is 274 g/mol. The standard InChI is InChI=1S/C19H38NO2/c1-3-4-5-6-7-8-9-10-11-12-13-14-15-16-19(22)18(17-21)20-2/h15-16,18-20,22H,3-14,17H2,1-2H3/q-1/b16-15+. The zero-order valence-electron chi connectivity index (χ0n) is 14.9. The molecule has 132 valence electrons. The monoisotopic (exact) mass is 312 g/mol. The van der Waals surface area contributed by atoms with E-state index in [0.717, 1.165) is 6.42 Å². The van der Waals surface area contributed by atoms with E-state index in [2.05, 4.69) is 12.2 Å². The molecule has 22 heavy (non-hydrogen) atoms. The fraction of sp³-hybridized carbons (Fsp3) is 0.895. The second kappa shape index (κ2) is 17.0. The van der Waals surface area contributed by atoms with Gasteiger partial charge in [-0.05, 0) is 19.9 Å². The number of aliphatic hydroxyl groups is 1. The number of likely N-dealkylation sites (N-methyl/N-ethyl adjacent to an activating group) is 1. The van der Waals surface area contributed by atoms with Gasteiger partial charge >= 0.3 is 0 Å². The number of hydrogen-bond donors (Lipinski definition) is 2. The molecule has 0 aliphatic rings. The molecule has 0 heterocycles. The molecule has 0 aliphatic carbocycles. The van der Waals surface area contributed by atoms with Gasteiger partial charge < -0.3 is 15.5 Å².